The van der Waals surface area contributed by atoms with Gasteiger partial charge >= 0.3 is 0 Å². The highest BCUT2D eigenvalue weighted by Crippen LogP contribution is 2.17. The number of amides is 2. The van der Waals surface area contributed by atoms with Crippen molar-refractivity contribution in [3.63, 3.8) is 0 Å². The van der Waals surface area contributed by atoms with Gasteiger partial charge < -0.3 is 14.5 Å². The van der Waals surface area contributed by atoms with E-state index in [-0.39, 0.29) is 29.7 Å². The normalized spacial score (nSPS) is 14.0. The van der Waals surface area contributed by atoms with Gasteiger partial charge in [-0.05, 0) is 30.3 Å². The Morgan fingerprint density at radius 2 is 1.60 bits per heavy atom. The lowest BCUT2D eigenvalue weighted by Crippen LogP contribution is -2.51. The minimum absolute atomic E-state index is 0.0817. The predicted octanol–water partition coefficient (Wildman–Crippen LogP) is 1.94. The Bertz CT molecular complexity index is 1140. The molecule has 0 aliphatic carbocycles. The molecule has 2 amide bonds. The summed E-state index contributed by atoms with van der Waals surface area (Å²) in [6, 6.07) is 13.7. The van der Waals surface area contributed by atoms with Crippen molar-refractivity contribution in [2.75, 3.05) is 32.8 Å². The van der Waals surface area contributed by atoms with Crippen molar-refractivity contribution in [2.45, 2.75) is 0 Å². The Kier molecular flexibility index (Phi) is 5.67. The van der Waals surface area contributed by atoms with Gasteiger partial charge in [0.15, 0.2) is 12.3 Å². The number of H-pyrrole nitrogens is 1. The van der Waals surface area contributed by atoms with Crippen molar-refractivity contribution in [3.8, 4) is 5.75 Å². The summed E-state index contributed by atoms with van der Waals surface area (Å²) in [5.41, 5.74) is -0.130. The van der Waals surface area contributed by atoms with Crippen LogP contribution in [0.25, 0.3) is 10.8 Å². The molecule has 1 N–H and O–H groups in total. The second-order valence-corrected chi connectivity index (χ2v) is 7.30. The highest BCUT2D eigenvalue weighted by Gasteiger charge is 2.27. The zero-order chi connectivity index (χ0) is 21.1. The number of benzene rings is 2. The second kappa shape index (κ2) is 8.54. The van der Waals surface area contributed by atoms with Crippen molar-refractivity contribution < 1.29 is 14.3 Å². The molecule has 1 aliphatic rings. The molecule has 0 spiro atoms. The molecular weight excluding hydrogens is 408 g/mol. The maximum absolute atomic E-state index is 12.9. The van der Waals surface area contributed by atoms with Crippen LogP contribution >= 0.6 is 11.6 Å². The van der Waals surface area contributed by atoms with E-state index in [2.05, 4.69) is 10.2 Å². The first kappa shape index (κ1) is 19.9. The number of aromatic amines is 1. The number of hydrogen-bond donors (Lipinski definition) is 1. The molecule has 154 valence electrons. The topological polar surface area (TPSA) is 95.6 Å². The fourth-order valence-electron chi connectivity index (χ4n) is 3.35. The maximum Gasteiger partial charge on any atom is 0.275 e. The molecule has 2 aromatic carbocycles. The first-order valence-electron chi connectivity index (χ1n) is 9.46. The van der Waals surface area contributed by atoms with Crippen LogP contribution in [0, 0.1) is 0 Å². The standard InChI is InChI=1S/C21H19ClN4O4/c22-14-5-7-15(8-6-14)30-13-18(27)25-9-11-26(12-10-25)21(29)19-16-3-1-2-4-17(16)20(28)24-23-19/h1-8H,9-13H2,(H,24,28). The van der Waals surface area contributed by atoms with E-state index < -0.39 is 0 Å². The van der Waals surface area contributed by atoms with E-state index in [0.29, 0.717) is 47.7 Å². The molecule has 30 heavy (non-hydrogen) atoms. The van der Waals surface area contributed by atoms with Crippen LogP contribution in [0.5, 0.6) is 5.75 Å². The van der Waals surface area contributed by atoms with Gasteiger partial charge in [-0.2, -0.15) is 5.10 Å². The molecule has 9 heteroatoms. The Labute approximate surface area is 177 Å². The lowest BCUT2D eigenvalue weighted by Gasteiger charge is -2.34. The molecule has 0 radical (unpaired) electrons. The lowest BCUT2D eigenvalue weighted by atomic mass is 10.1. The van der Waals surface area contributed by atoms with E-state index in [1.165, 1.54) is 0 Å². The third-order valence-electron chi connectivity index (χ3n) is 4.99. The van der Waals surface area contributed by atoms with Crippen molar-refractivity contribution in [1.82, 2.24) is 20.0 Å². The molecule has 0 atom stereocenters. The summed E-state index contributed by atoms with van der Waals surface area (Å²) in [7, 11) is 0. The van der Waals surface area contributed by atoms with Crippen LogP contribution in [0.4, 0.5) is 0 Å². The number of halogens is 1. The number of fused-ring (bicyclic) bond motifs is 1. The number of piperazine rings is 1. The smallest absolute Gasteiger partial charge is 0.275 e. The fraction of sp³-hybridized carbons (Fsp3) is 0.238. The summed E-state index contributed by atoms with van der Waals surface area (Å²) in [5.74, 6) is 0.147. The minimum Gasteiger partial charge on any atom is -0.484 e. The molecule has 1 aliphatic heterocycles. The van der Waals surface area contributed by atoms with E-state index in [1.54, 1.807) is 58.3 Å². The van der Waals surface area contributed by atoms with Crippen molar-refractivity contribution in [3.05, 3.63) is 69.6 Å². The van der Waals surface area contributed by atoms with Crippen LogP contribution < -0.4 is 10.3 Å². The monoisotopic (exact) mass is 426 g/mol. The van der Waals surface area contributed by atoms with E-state index in [4.69, 9.17) is 16.3 Å². The first-order valence-corrected chi connectivity index (χ1v) is 9.83. The van der Waals surface area contributed by atoms with Crippen LogP contribution in [0.1, 0.15) is 10.5 Å². The lowest BCUT2D eigenvalue weighted by molar-refractivity contribution is -0.134. The van der Waals surface area contributed by atoms with Gasteiger partial charge in [0.1, 0.15) is 5.75 Å². The van der Waals surface area contributed by atoms with E-state index >= 15 is 0 Å². The van der Waals surface area contributed by atoms with Gasteiger partial charge in [-0.25, -0.2) is 5.10 Å². The number of rotatable bonds is 4. The summed E-state index contributed by atoms with van der Waals surface area (Å²) in [5, 5.41) is 7.88. The fourth-order valence-corrected chi connectivity index (χ4v) is 3.48. The third kappa shape index (κ3) is 4.13. The number of aromatic nitrogens is 2. The molecule has 2 heterocycles. The molecule has 0 bridgehead atoms. The number of nitrogens with one attached hydrogen (secondary N) is 1. The summed E-state index contributed by atoms with van der Waals surface area (Å²) in [4.78, 5) is 40.6. The molecule has 0 saturated carbocycles. The largest absolute Gasteiger partial charge is 0.484 e. The molecule has 8 nitrogen and oxygen atoms in total. The average molecular weight is 427 g/mol. The van der Waals surface area contributed by atoms with E-state index in [1.807, 2.05) is 0 Å². The highest BCUT2D eigenvalue weighted by molar-refractivity contribution is 6.30. The van der Waals surface area contributed by atoms with E-state index in [0.717, 1.165) is 0 Å². The number of carbonyl (C=O) groups is 2. The van der Waals surface area contributed by atoms with Crippen LogP contribution in [-0.4, -0.2) is 64.6 Å². The summed E-state index contributed by atoms with van der Waals surface area (Å²) < 4.78 is 5.50. The number of carbonyl (C=O) groups excluding carboxylic acids is 2. The zero-order valence-corrected chi connectivity index (χ0v) is 16.8. The number of hydrogen-bond acceptors (Lipinski definition) is 5. The second-order valence-electron chi connectivity index (χ2n) is 6.86. The number of nitrogens with zero attached hydrogens (tertiary/aromatic N) is 3. The Morgan fingerprint density at radius 1 is 0.967 bits per heavy atom. The third-order valence-corrected chi connectivity index (χ3v) is 5.25. The van der Waals surface area contributed by atoms with Gasteiger partial charge in [-0.3, -0.25) is 14.4 Å². The number of ether oxygens (including phenoxy) is 1. The zero-order valence-electron chi connectivity index (χ0n) is 16.0. The van der Waals surface area contributed by atoms with Gasteiger partial charge in [-0.1, -0.05) is 29.8 Å². The summed E-state index contributed by atoms with van der Waals surface area (Å²) >= 11 is 5.83. The summed E-state index contributed by atoms with van der Waals surface area (Å²) in [6.45, 7) is 1.47. The Morgan fingerprint density at radius 3 is 2.30 bits per heavy atom. The Hall–Kier alpha value is -3.39. The first-order chi connectivity index (χ1) is 14.5. The minimum atomic E-state index is -0.335. The molecule has 1 fully saturated rings. The van der Waals surface area contributed by atoms with Crippen LogP contribution in [0.15, 0.2) is 53.3 Å². The van der Waals surface area contributed by atoms with Crippen LogP contribution in [0.2, 0.25) is 5.02 Å². The van der Waals surface area contributed by atoms with Gasteiger partial charge in [-0.15, -0.1) is 0 Å². The highest BCUT2D eigenvalue weighted by atomic mass is 35.5. The maximum atomic E-state index is 12.9. The Balaban J connectivity index is 1.37. The predicted molar refractivity (Wildman–Crippen MR) is 112 cm³/mol. The van der Waals surface area contributed by atoms with Crippen LogP contribution in [0.3, 0.4) is 0 Å². The van der Waals surface area contributed by atoms with Crippen LogP contribution in [-0.2, 0) is 4.79 Å². The van der Waals surface area contributed by atoms with Crippen molar-refractivity contribution >= 4 is 34.2 Å². The average Bonchev–Trinajstić information content (AvgIpc) is 2.79. The van der Waals surface area contributed by atoms with Gasteiger partial charge in [0.2, 0.25) is 0 Å². The molecule has 1 aromatic heterocycles. The van der Waals surface area contributed by atoms with Gasteiger partial charge in [0.05, 0.1) is 5.39 Å². The molecule has 4 rings (SSSR count). The molecule has 0 unspecified atom stereocenters. The molecule has 1 saturated heterocycles. The quantitative estimate of drug-likeness (QED) is 0.687. The van der Waals surface area contributed by atoms with Crippen molar-refractivity contribution in [1.29, 1.82) is 0 Å². The van der Waals surface area contributed by atoms with Crippen molar-refractivity contribution in [2.24, 2.45) is 0 Å². The van der Waals surface area contributed by atoms with Gasteiger partial charge in [0, 0.05) is 36.6 Å². The molecular formula is C21H19ClN4O4. The van der Waals surface area contributed by atoms with E-state index in [9.17, 15) is 14.4 Å². The molecule has 3 aromatic rings. The summed E-state index contributed by atoms with van der Waals surface area (Å²) in [6.07, 6.45) is 0. The van der Waals surface area contributed by atoms with Gasteiger partial charge in [0.25, 0.3) is 17.4 Å². The SMILES string of the molecule is O=C(COc1ccc(Cl)cc1)N1CCN(C(=O)c2n[nH]c(=O)c3ccccc23)CC1.